The third kappa shape index (κ3) is 15.4. The van der Waals surface area contributed by atoms with E-state index in [9.17, 15) is 24.3 Å². The molecule has 0 aromatic heterocycles. The highest BCUT2D eigenvalue weighted by molar-refractivity contribution is 6.31. The topological polar surface area (TPSA) is 141 Å². The van der Waals surface area contributed by atoms with Crippen LogP contribution in [0.15, 0.2) is 84.6 Å². The average molecular weight is 1040 g/mol. The Morgan fingerprint density at radius 1 is 0.726 bits per heavy atom. The highest BCUT2D eigenvalue weighted by Crippen LogP contribution is 2.46. The number of rotatable bonds is 18. The van der Waals surface area contributed by atoms with E-state index in [0.717, 1.165) is 58.5 Å². The quantitative estimate of drug-likeness (QED) is 0.0932. The van der Waals surface area contributed by atoms with Crippen molar-refractivity contribution in [1.29, 1.82) is 0 Å². The number of anilines is 2. The number of carbonyl (C=O) groups excluding carboxylic acids is 4. The van der Waals surface area contributed by atoms with Gasteiger partial charge in [0.05, 0.1) is 34.1 Å². The smallest absolute Gasteiger partial charge is 0.341 e. The number of aryl methyl sites for hydroxylation is 2. The molecule has 2 N–H and O–H groups in total. The zero-order valence-electron chi connectivity index (χ0n) is 46.1. The summed E-state index contributed by atoms with van der Waals surface area (Å²) in [5.74, 6) is -0.457. The second-order valence-corrected chi connectivity index (χ2v) is 23.5. The van der Waals surface area contributed by atoms with Crippen molar-refractivity contribution in [3.63, 3.8) is 0 Å². The SMILES string of the molecule is COC(=O)c1ccc(N2C=C(C(C)C)[C@](C)(c3ccc(CCC(C)(C)C)c(Cl)c3)CC2=O)cc1OC.COC(=O)c1ccc(NC(=O)C[C@@](C)(c2ccc(CCC(C)(C)C)c(Cl)c2)C(CO)C(C)C)cc1OC. The van der Waals surface area contributed by atoms with Crippen LogP contribution in [-0.2, 0) is 42.7 Å². The van der Waals surface area contributed by atoms with Gasteiger partial charge >= 0.3 is 11.9 Å². The third-order valence-electron chi connectivity index (χ3n) is 14.1. The van der Waals surface area contributed by atoms with Gasteiger partial charge in [-0.25, -0.2) is 9.59 Å². The van der Waals surface area contributed by atoms with Crippen molar-refractivity contribution in [2.75, 3.05) is 45.3 Å². The summed E-state index contributed by atoms with van der Waals surface area (Å²) >= 11 is 13.5. The van der Waals surface area contributed by atoms with Crippen LogP contribution in [0, 0.1) is 28.6 Å². The molecule has 1 aliphatic rings. The molecule has 13 heteroatoms. The molecule has 0 aliphatic carbocycles. The molecule has 1 aliphatic heterocycles. The van der Waals surface area contributed by atoms with Crippen LogP contribution in [0.1, 0.15) is 152 Å². The monoisotopic (exact) mass is 1040 g/mol. The number of aliphatic hydroxyl groups is 1. The largest absolute Gasteiger partial charge is 0.496 e. The molecule has 73 heavy (non-hydrogen) atoms. The Labute approximate surface area is 445 Å². The van der Waals surface area contributed by atoms with Gasteiger partial charge in [0.25, 0.3) is 0 Å². The van der Waals surface area contributed by atoms with Gasteiger partial charge in [0, 0.05) is 64.3 Å². The van der Waals surface area contributed by atoms with Gasteiger partial charge in [0.1, 0.15) is 22.6 Å². The van der Waals surface area contributed by atoms with Gasteiger partial charge < -0.3 is 29.4 Å². The molecule has 2 amide bonds. The first-order valence-electron chi connectivity index (χ1n) is 25.1. The van der Waals surface area contributed by atoms with Crippen molar-refractivity contribution in [2.45, 2.75) is 132 Å². The minimum absolute atomic E-state index is 0.0392. The number of nitrogens with one attached hydrogen (secondary N) is 1. The summed E-state index contributed by atoms with van der Waals surface area (Å²) in [6.45, 7) is 25.7. The van der Waals surface area contributed by atoms with Crippen molar-refractivity contribution in [1.82, 2.24) is 0 Å². The summed E-state index contributed by atoms with van der Waals surface area (Å²) in [5, 5.41) is 14.7. The molecule has 0 saturated carbocycles. The molecule has 1 unspecified atom stereocenters. The normalized spacial score (nSPS) is 16.2. The van der Waals surface area contributed by atoms with Gasteiger partial charge in [-0.15, -0.1) is 0 Å². The van der Waals surface area contributed by atoms with Crippen molar-refractivity contribution >= 4 is 58.3 Å². The summed E-state index contributed by atoms with van der Waals surface area (Å²) in [4.78, 5) is 52.5. The van der Waals surface area contributed by atoms with E-state index >= 15 is 0 Å². The molecule has 0 radical (unpaired) electrons. The Morgan fingerprint density at radius 2 is 1.25 bits per heavy atom. The number of ether oxygens (including phenoxy) is 4. The number of nitrogens with zero attached hydrogens (tertiary/aromatic N) is 1. The molecule has 11 nitrogen and oxygen atoms in total. The molecule has 0 saturated heterocycles. The summed E-state index contributed by atoms with van der Waals surface area (Å²) in [6, 6.07) is 22.1. The second-order valence-electron chi connectivity index (χ2n) is 22.7. The Kier molecular flexibility index (Phi) is 20.8. The molecule has 4 aromatic carbocycles. The Balaban J connectivity index is 0.000000317. The van der Waals surface area contributed by atoms with E-state index in [-0.39, 0.29) is 59.0 Å². The summed E-state index contributed by atoms with van der Waals surface area (Å²) in [6.07, 6.45) is 6.22. The number of esters is 2. The van der Waals surface area contributed by atoms with E-state index in [0.29, 0.717) is 39.9 Å². The lowest BCUT2D eigenvalue weighted by molar-refractivity contribution is -0.119. The van der Waals surface area contributed by atoms with E-state index in [4.69, 9.17) is 42.1 Å². The van der Waals surface area contributed by atoms with Crippen LogP contribution in [0.25, 0.3) is 0 Å². The number of halogens is 2. The maximum Gasteiger partial charge on any atom is 0.341 e. The maximum absolute atomic E-state index is 13.5. The Morgan fingerprint density at radius 3 is 1.71 bits per heavy atom. The number of carbonyl (C=O) groups is 4. The zero-order chi connectivity index (χ0) is 54.8. The third-order valence-corrected chi connectivity index (χ3v) is 14.8. The van der Waals surface area contributed by atoms with Crippen LogP contribution >= 0.6 is 23.2 Å². The number of hydrogen-bond donors (Lipinski definition) is 2. The van der Waals surface area contributed by atoms with Crippen LogP contribution in [0.2, 0.25) is 10.0 Å². The lowest BCUT2D eigenvalue weighted by Crippen LogP contribution is -2.42. The molecular formula is C60H80Cl2N2O9. The molecule has 1 heterocycles. The van der Waals surface area contributed by atoms with Crippen LogP contribution < -0.4 is 19.7 Å². The highest BCUT2D eigenvalue weighted by atomic mass is 35.5. The lowest BCUT2D eigenvalue weighted by Gasteiger charge is -2.41. The van der Waals surface area contributed by atoms with E-state index in [1.165, 1.54) is 28.4 Å². The molecule has 0 fully saturated rings. The van der Waals surface area contributed by atoms with E-state index < -0.39 is 22.8 Å². The molecule has 0 spiro atoms. The Hall–Kier alpha value is -5.36. The first-order chi connectivity index (χ1) is 34.1. The fraction of sp³-hybridized carbons (Fsp3) is 0.500. The number of amides is 2. The Bertz CT molecular complexity index is 2630. The molecule has 3 atom stereocenters. The van der Waals surface area contributed by atoms with Gasteiger partial charge in [-0.1, -0.05) is 131 Å². The molecule has 0 bridgehead atoms. The van der Waals surface area contributed by atoms with Gasteiger partial charge in [-0.05, 0) is 118 Å². The van der Waals surface area contributed by atoms with E-state index in [2.05, 4.69) is 79.8 Å². The maximum atomic E-state index is 13.5. The molecule has 4 aromatic rings. The van der Waals surface area contributed by atoms with Crippen molar-refractivity contribution in [3.8, 4) is 11.5 Å². The molecular weight excluding hydrogens is 964 g/mol. The average Bonchev–Trinajstić information content (AvgIpc) is 3.31. The fourth-order valence-electron chi connectivity index (χ4n) is 9.62. The second kappa shape index (κ2) is 25.2. The molecule has 5 rings (SSSR count). The zero-order valence-corrected chi connectivity index (χ0v) is 47.6. The number of methoxy groups -OCH3 is 4. The van der Waals surface area contributed by atoms with Crippen LogP contribution in [0.4, 0.5) is 11.4 Å². The van der Waals surface area contributed by atoms with Crippen LogP contribution in [-0.4, -0.2) is 63.9 Å². The van der Waals surface area contributed by atoms with Crippen molar-refractivity contribution in [3.05, 3.63) is 128 Å². The van der Waals surface area contributed by atoms with Gasteiger partial charge in [-0.2, -0.15) is 0 Å². The minimum atomic E-state index is -0.671. The predicted octanol–water partition coefficient (Wildman–Crippen LogP) is 14.0. The number of aliphatic hydroxyl groups excluding tert-OH is 1. The minimum Gasteiger partial charge on any atom is -0.496 e. The van der Waals surface area contributed by atoms with Crippen molar-refractivity contribution in [2.24, 2.45) is 28.6 Å². The number of benzene rings is 4. The van der Waals surface area contributed by atoms with Crippen molar-refractivity contribution < 1.29 is 43.2 Å². The molecule has 398 valence electrons. The fourth-order valence-corrected chi connectivity index (χ4v) is 10.2. The van der Waals surface area contributed by atoms with E-state index in [1.807, 2.05) is 51.2 Å². The number of allylic oxidation sites excluding steroid dienone is 1. The van der Waals surface area contributed by atoms with Gasteiger partial charge in [0.15, 0.2) is 0 Å². The van der Waals surface area contributed by atoms with Gasteiger partial charge in [-0.3, -0.25) is 14.5 Å². The summed E-state index contributed by atoms with van der Waals surface area (Å²) < 4.78 is 20.3. The van der Waals surface area contributed by atoms with Crippen LogP contribution in [0.3, 0.4) is 0 Å². The van der Waals surface area contributed by atoms with Gasteiger partial charge in [0.2, 0.25) is 11.8 Å². The predicted molar refractivity (Wildman–Crippen MR) is 296 cm³/mol. The first-order valence-corrected chi connectivity index (χ1v) is 25.9. The first kappa shape index (κ1) is 60.2. The van der Waals surface area contributed by atoms with E-state index in [1.54, 1.807) is 41.3 Å². The highest BCUT2D eigenvalue weighted by Gasteiger charge is 2.42. The summed E-state index contributed by atoms with van der Waals surface area (Å²) in [5.41, 5.74) is 6.31. The number of hydrogen-bond acceptors (Lipinski definition) is 9. The summed E-state index contributed by atoms with van der Waals surface area (Å²) in [7, 11) is 5.57. The van der Waals surface area contributed by atoms with Crippen LogP contribution in [0.5, 0.6) is 11.5 Å². The lowest BCUT2D eigenvalue weighted by atomic mass is 9.65. The standard InChI is InChI=1S/C30H42ClNO5.C30H38ClNO4/c1-19(2)24(18-33)30(6,21-10-9-20(25(31)15-21)13-14-29(3,4)5)17-27(34)32-22-11-12-23(28(35)37-8)26(16-22)36-7;1-19(2)24-18-32(22-11-12-23(28(34)36-8)26(16-22)35-7)27(33)17-30(24,6)21-10-9-20(25(31)15-21)13-14-29(3,4)5/h9-12,15-16,19,24,33H,13-14,17-18H2,1-8H3,(H,32,34);9-12,15-16,18-19H,13-14,17H2,1-8H3/t24?,30-;30-/m00/s1.